The third kappa shape index (κ3) is 48.2. The minimum Gasteiger partial charge on any atom is -0.756 e. The van der Waals surface area contributed by atoms with Crippen molar-refractivity contribution in [2.75, 3.05) is 40.9 Å². The van der Waals surface area contributed by atoms with E-state index < -0.39 is 26.6 Å². The number of phosphoric ester groups is 1. The third-order valence-corrected chi connectivity index (χ3v) is 12.7. The first kappa shape index (κ1) is 61.5. The molecule has 1 amide bonds. The summed E-state index contributed by atoms with van der Waals surface area (Å²) >= 11 is 0. The Morgan fingerprint density at radius 2 is 0.937 bits per heavy atom. The van der Waals surface area contributed by atoms with Gasteiger partial charge in [0, 0.05) is 6.42 Å². The van der Waals surface area contributed by atoms with Crippen LogP contribution in [0.1, 0.15) is 239 Å². The van der Waals surface area contributed by atoms with Crippen molar-refractivity contribution in [3.63, 3.8) is 0 Å². The summed E-state index contributed by atoms with van der Waals surface area (Å²) in [6, 6.07) is -0.905. The van der Waals surface area contributed by atoms with Gasteiger partial charge in [0.1, 0.15) is 13.2 Å². The lowest BCUT2D eigenvalue weighted by Crippen LogP contribution is -2.45. The summed E-state index contributed by atoms with van der Waals surface area (Å²) in [5.74, 6) is -0.209. The number of unbranched alkanes of at least 4 members (excludes halogenated alkanes) is 29. The fraction of sp³-hybridized carbons (Fsp3) is 0.833. The first-order valence-electron chi connectivity index (χ1n) is 26.5. The SMILES string of the molecule is CCCCCCC/C=C\C/C=C\CCCCCCCCCCCCCC(=O)NC(COP(=O)([O-])OCC[N+](C)(C)C)C(O)/C=C/CC/C=C/CCCCCCCCCCCCCC. The smallest absolute Gasteiger partial charge is 0.268 e. The van der Waals surface area contributed by atoms with Crippen molar-refractivity contribution in [1.29, 1.82) is 0 Å². The number of aliphatic hydroxyl groups excluding tert-OH is 1. The van der Waals surface area contributed by atoms with Crippen molar-refractivity contribution in [2.24, 2.45) is 0 Å². The molecule has 0 rings (SSSR count). The summed E-state index contributed by atoms with van der Waals surface area (Å²) in [5.41, 5.74) is 0. The van der Waals surface area contributed by atoms with E-state index in [0.29, 0.717) is 17.4 Å². The van der Waals surface area contributed by atoms with Gasteiger partial charge in [0.05, 0.1) is 39.9 Å². The molecule has 9 heteroatoms. The van der Waals surface area contributed by atoms with Gasteiger partial charge in [-0.3, -0.25) is 9.36 Å². The van der Waals surface area contributed by atoms with Crippen molar-refractivity contribution in [1.82, 2.24) is 5.32 Å². The van der Waals surface area contributed by atoms with E-state index >= 15 is 0 Å². The van der Waals surface area contributed by atoms with E-state index in [2.05, 4.69) is 55.6 Å². The number of amides is 1. The molecule has 0 aromatic carbocycles. The maximum atomic E-state index is 12.9. The minimum absolute atomic E-state index is 0.00736. The highest BCUT2D eigenvalue weighted by Crippen LogP contribution is 2.38. The third-order valence-electron chi connectivity index (χ3n) is 11.8. The average Bonchev–Trinajstić information content (AvgIpc) is 3.24. The number of carbonyl (C=O) groups excluding carboxylic acids is 1. The summed E-state index contributed by atoms with van der Waals surface area (Å²) in [6.07, 6.45) is 58.8. The predicted molar refractivity (Wildman–Crippen MR) is 270 cm³/mol. The number of aliphatic hydroxyl groups is 1. The van der Waals surface area contributed by atoms with Gasteiger partial charge in [-0.25, -0.2) is 0 Å². The molecule has 0 radical (unpaired) electrons. The van der Waals surface area contributed by atoms with Crippen LogP contribution in [-0.2, 0) is 18.4 Å². The molecule has 0 aliphatic rings. The van der Waals surface area contributed by atoms with Crippen LogP contribution in [0.15, 0.2) is 48.6 Å². The van der Waals surface area contributed by atoms with E-state index in [0.717, 1.165) is 44.9 Å². The Kier molecular flexibility index (Phi) is 44.5. The van der Waals surface area contributed by atoms with Gasteiger partial charge in [-0.05, 0) is 64.2 Å². The quantitative estimate of drug-likeness (QED) is 0.0272. The Bertz CT molecular complexity index is 1170. The second-order valence-corrected chi connectivity index (χ2v) is 20.6. The number of phosphoric acid groups is 1. The van der Waals surface area contributed by atoms with E-state index in [1.54, 1.807) is 6.08 Å². The number of quaternary nitrogens is 1. The van der Waals surface area contributed by atoms with Crippen molar-refractivity contribution in [3.8, 4) is 0 Å². The summed E-state index contributed by atoms with van der Waals surface area (Å²) < 4.78 is 23.3. The standard InChI is InChI=1S/C54H103N2O6P/c1-6-8-10-12-14-16-18-20-22-24-26-27-28-29-30-32-34-36-38-40-42-44-46-48-54(58)55-52(51-62-63(59,60)61-50-49-56(3,4)5)53(57)47-45-43-41-39-37-35-33-31-25-23-21-19-17-15-13-11-9-7-2/h18,20,24,26,37,39,45,47,52-53,57H,6-17,19,21-23,25,27-36,38,40-44,46,48-51H2,1-5H3,(H-,55,58,59,60)/b20-18-,26-24-,39-37+,47-45+. The molecule has 0 fully saturated rings. The molecule has 63 heavy (non-hydrogen) atoms. The van der Waals surface area contributed by atoms with Gasteiger partial charge < -0.3 is 28.8 Å². The van der Waals surface area contributed by atoms with Crippen LogP contribution in [0.3, 0.4) is 0 Å². The molecular weight excluding hydrogens is 804 g/mol. The van der Waals surface area contributed by atoms with E-state index in [-0.39, 0.29) is 12.5 Å². The van der Waals surface area contributed by atoms with Gasteiger partial charge in [0.2, 0.25) is 5.91 Å². The van der Waals surface area contributed by atoms with E-state index in [1.807, 2.05) is 27.2 Å². The first-order valence-corrected chi connectivity index (χ1v) is 28.0. The second kappa shape index (κ2) is 45.6. The molecule has 0 spiro atoms. The minimum atomic E-state index is -4.60. The molecule has 8 nitrogen and oxygen atoms in total. The molecule has 3 unspecified atom stereocenters. The summed E-state index contributed by atoms with van der Waals surface area (Å²) in [7, 11) is 1.24. The highest BCUT2D eigenvalue weighted by atomic mass is 31.2. The topological polar surface area (TPSA) is 108 Å². The number of hydrogen-bond acceptors (Lipinski definition) is 6. The Morgan fingerprint density at radius 3 is 1.38 bits per heavy atom. The molecular formula is C54H103N2O6P. The summed E-state index contributed by atoms with van der Waals surface area (Å²) in [5, 5.41) is 13.8. The molecule has 370 valence electrons. The number of nitrogens with zero attached hydrogens (tertiary/aromatic N) is 1. The van der Waals surface area contributed by atoms with E-state index in [9.17, 15) is 19.4 Å². The number of nitrogens with one attached hydrogen (secondary N) is 1. The Balaban J connectivity index is 4.31. The first-order chi connectivity index (χ1) is 30.5. The van der Waals surface area contributed by atoms with Crippen LogP contribution in [0.2, 0.25) is 0 Å². The molecule has 2 N–H and O–H groups in total. The Morgan fingerprint density at radius 1 is 0.556 bits per heavy atom. The zero-order valence-corrected chi connectivity index (χ0v) is 42.9. The molecule has 0 bridgehead atoms. The van der Waals surface area contributed by atoms with Crippen molar-refractivity contribution in [2.45, 2.75) is 251 Å². The molecule has 0 aliphatic heterocycles. The lowest BCUT2D eigenvalue weighted by molar-refractivity contribution is -0.870. The average molecular weight is 907 g/mol. The summed E-state index contributed by atoms with van der Waals surface area (Å²) in [4.78, 5) is 25.4. The number of rotatable bonds is 48. The monoisotopic (exact) mass is 907 g/mol. The molecule has 0 aromatic heterocycles. The molecule has 0 heterocycles. The van der Waals surface area contributed by atoms with Crippen LogP contribution in [-0.4, -0.2) is 68.5 Å². The van der Waals surface area contributed by atoms with Crippen LogP contribution in [0.4, 0.5) is 0 Å². The molecule has 0 saturated carbocycles. The maximum absolute atomic E-state index is 12.9. The lowest BCUT2D eigenvalue weighted by atomic mass is 10.0. The van der Waals surface area contributed by atoms with Crippen molar-refractivity contribution < 1.29 is 32.9 Å². The highest BCUT2D eigenvalue weighted by Gasteiger charge is 2.23. The van der Waals surface area contributed by atoms with Gasteiger partial charge in [-0.2, -0.15) is 0 Å². The van der Waals surface area contributed by atoms with Gasteiger partial charge in [-0.1, -0.05) is 217 Å². The fourth-order valence-electron chi connectivity index (χ4n) is 7.55. The Hall–Kier alpha value is -1.54. The largest absolute Gasteiger partial charge is 0.756 e. The number of hydrogen-bond donors (Lipinski definition) is 2. The maximum Gasteiger partial charge on any atom is 0.268 e. The van der Waals surface area contributed by atoms with Gasteiger partial charge in [0.25, 0.3) is 7.82 Å². The number of carbonyl (C=O) groups is 1. The van der Waals surface area contributed by atoms with E-state index in [4.69, 9.17) is 9.05 Å². The zero-order valence-electron chi connectivity index (χ0n) is 42.0. The van der Waals surface area contributed by atoms with Gasteiger partial charge in [-0.15, -0.1) is 0 Å². The number of allylic oxidation sites excluding steroid dienone is 7. The van der Waals surface area contributed by atoms with Gasteiger partial charge >= 0.3 is 0 Å². The Labute approximate surface area is 390 Å². The number of likely N-dealkylation sites (N-methyl/N-ethyl adjacent to an activating group) is 1. The van der Waals surface area contributed by atoms with Crippen molar-refractivity contribution >= 4 is 13.7 Å². The molecule has 0 saturated heterocycles. The van der Waals surface area contributed by atoms with Crippen LogP contribution in [0.25, 0.3) is 0 Å². The molecule has 3 atom stereocenters. The molecule has 0 aromatic rings. The zero-order chi connectivity index (χ0) is 46.4. The fourth-order valence-corrected chi connectivity index (χ4v) is 8.28. The van der Waals surface area contributed by atoms with Crippen LogP contribution < -0.4 is 10.2 Å². The van der Waals surface area contributed by atoms with Crippen LogP contribution in [0, 0.1) is 0 Å². The lowest BCUT2D eigenvalue weighted by Gasteiger charge is -2.29. The van der Waals surface area contributed by atoms with Crippen LogP contribution in [0.5, 0.6) is 0 Å². The molecule has 0 aliphatic carbocycles. The predicted octanol–water partition coefficient (Wildman–Crippen LogP) is 15.0. The van der Waals surface area contributed by atoms with Crippen molar-refractivity contribution in [3.05, 3.63) is 48.6 Å². The summed E-state index contributed by atoms with van der Waals surface area (Å²) in [6.45, 7) is 4.63. The van der Waals surface area contributed by atoms with E-state index in [1.165, 1.54) is 173 Å². The second-order valence-electron chi connectivity index (χ2n) is 19.2. The normalized spacial score (nSPS) is 14.5. The van der Waals surface area contributed by atoms with Crippen LogP contribution >= 0.6 is 7.82 Å². The highest BCUT2D eigenvalue weighted by molar-refractivity contribution is 7.45. The van der Waals surface area contributed by atoms with Gasteiger partial charge in [0.15, 0.2) is 0 Å².